The van der Waals surface area contributed by atoms with Crippen molar-refractivity contribution in [2.24, 2.45) is 0 Å². The van der Waals surface area contributed by atoms with E-state index in [1.807, 2.05) is 24.4 Å². The van der Waals surface area contributed by atoms with Gasteiger partial charge in [-0.25, -0.2) is 4.98 Å². The van der Waals surface area contributed by atoms with Crippen LogP contribution < -0.4 is 15.2 Å². The zero-order valence-electron chi connectivity index (χ0n) is 12.4. The van der Waals surface area contributed by atoms with Gasteiger partial charge in [0.1, 0.15) is 13.1 Å². The lowest BCUT2D eigenvalue weighted by molar-refractivity contribution is -0.364. The number of rotatable bonds is 2. The molecule has 0 saturated carbocycles. The molecule has 1 aliphatic rings. The van der Waals surface area contributed by atoms with Crippen LogP contribution >= 0.6 is 35.4 Å². The quantitative estimate of drug-likeness (QED) is 0.825. The van der Waals surface area contributed by atoms with Crippen molar-refractivity contribution in [2.45, 2.75) is 0 Å². The number of nitrogens with one attached hydrogen (secondary N) is 2. The highest BCUT2D eigenvalue weighted by molar-refractivity contribution is 7.80. The number of hydrogen-bond donors (Lipinski definition) is 1. The molecule has 2 heterocycles. The monoisotopic (exact) mass is 367 g/mol. The Hall–Kier alpha value is -1.56. The fourth-order valence-corrected chi connectivity index (χ4v) is 3.26. The van der Waals surface area contributed by atoms with E-state index < -0.39 is 0 Å². The number of hydrogen-bond acceptors (Lipinski definition) is 2. The topological polar surface area (TPSA) is 32.6 Å². The lowest BCUT2D eigenvalue weighted by atomic mass is 10.3. The Labute approximate surface area is 151 Å². The average Bonchev–Trinajstić information content (AvgIpc) is 2.58. The number of benzene rings is 1. The van der Waals surface area contributed by atoms with E-state index in [1.54, 1.807) is 12.1 Å². The van der Waals surface area contributed by atoms with E-state index in [4.69, 9.17) is 35.4 Å². The van der Waals surface area contributed by atoms with Gasteiger partial charge in [-0.1, -0.05) is 29.3 Å². The minimum atomic E-state index is 0.567. The van der Waals surface area contributed by atoms with Gasteiger partial charge in [-0.15, -0.1) is 0 Å². The largest absolute Gasteiger partial charge is 0.341 e. The molecule has 7 heteroatoms. The second-order valence-corrected chi connectivity index (χ2v) is 6.51. The van der Waals surface area contributed by atoms with Crippen molar-refractivity contribution in [2.75, 3.05) is 36.4 Å². The number of halogens is 2. The van der Waals surface area contributed by atoms with E-state index in [1.165, 1.54) is 0 Å². The second kappa shape index (κ2) is 7.34. The van der Waals surface area contributed by atoms with E-state index in [2.05, 4.69) is 26.2 Å². The van der Waals surface area contributed by atoms with Crippen LogP contribution in [-0.2, 0) is 0 Å². The van der Waals surface area contributed by atoms with Crippen LogP contribution in [0.25, 0.3) is 0 Å². The number of aromatic nitrogens is 1. The fraction of sp³-hybridized carbons (Fsp3) is 0.250. The molecule has 120 valence electrons. The van der Waals surface area contributed by atoms with Gasteiger partial charge < -0.3 is 10.2 Å². The molecule has 3 rings (SSSR count). The Morgan fingerprint density at radius 1 is 1.09 bits per heavy atom. The summed E-state index contributed by atoms with van der Waals surface area (Å²) in [6.45, 7) is 3.55. The third-order valence-electron chi connectivity index (χ3n) is 3.77. The summed E-state index contributed by atoms with van der Waals surface area (Å²) >= 11 is 17.6. The minimum Gasteiger partial charge on any atom is -0.341 e. The van der Waals surface area contributed by atoms with Crippen molar-refractivity contribution in [3.63, 3.8) is 0 Å². The Bertz CT molecular complexity index is 688. The molecule has 0 aliphatic carbocycles. The van der Waals surface area contributed by atoms with Gasteiger partial charge in [-0.3, -0.25) is 4.90 Å². The van der Waals surface area contributed by atoms with E-state index >= 15 is 0 Å². The van der Waals surface area contributed by atoms with Gasteiger partial charge in [0.05, 0.1) is 30.0 Å². The number of aromatic amines is 1. The molecule has 1 aliphatic heterocycles. The molecule has 0 unspecified atom stereocenters. The molecule has 0 atom stereocenters. The maximum absolute atomic E-state index is 6.18. The number of nitrogens with zero attached hydrogens (tertiary/aromatic N) is 2. The summed E-state index contributed by atoms with van der Waals surface area (Å²) < 4.78 is 0. The highest BCUT2D eigenvalue weighted by atomic mass is 35.5. The lowest BCUT2D eigenvalue weighted by Crippen LogP contribution is -2.51. The Kier molecular flexibility index (Phi) is 5.20. The molecule has 1 fully saturated rings. The summed E-state index contributed by atoms with van der Waals surface area (Å²) in [7, 11) is 0. The maximum Gasteiger partial charge on any atom is 0.274 e. The first-order chi connectivity index (χ1) is 11.1. The number of anilines is 2. The van der Waals surface area contributed by atoms with Gasteiger partial charge in [0.25, 0.3) is 5.82 Å². The highest BCUT2D eigenvalue weighted by Gasteiger charge is 2.24. The Morgan fingerprint density at radius 2 is 1.87 bits per heavy atom. The number of thiocarbonyl (C=S) groups is 1. The number of piperazine rings is 1. The Balaban J connectivity index is 1.58. The number of pyridine rings is 1. The first kappa shape index (κ1) is 16.3. The van der Waals surface area contributed by atoms with E-state index in [-0.39, 0.29) is 0 Å². The summed E-state index contributed by atoms with van der Waals surface area (Å²) in [6.07, 6.45) is 1.94. The molecule has 2 N–H and O–H groups in total. The van der Waals surface area contributed by atoms with Crippen molar-refractivity contribution in [1.29, 1.82) is 0 Å². The molecular weight excluding hydrogens is 351 g/mol. The van der Waals surface area contributed by atoms with Crippen LogP contribution in [0.5, 0.6) is 0 Å². The zero-order valence-corrected chi connectivity index (χ0v) is 14.8. The summed E-state index contributed by atoms with van der Waals surface area (Å²) in [5.41, 5.74) is 0.778. The predicted molar refractivity (Wildman–Crippen MR) is 99.5 cm³/mol. The molecular formula is C16H17Cl2N4S+. The molecule has 1 saturated heterocycles. The summed E-state index contributed by atoms with van der Waals surface area (Å²) in [4.78, 5) is 7.73. The third kappa shape index (κ3) is 4.05. The highest BCUT2D eigenvalue weighted by Crippen LogP contribution is 2.25. The van der Waals surface area contributed by atoms with Crippen LogP contribution in [0.4, 0.5) is 11.5 Å². The van der Waals surface area contributed by atoms with Crippen LogP contribution in [-0.4, -0.2) is 36.2 Å². The van der Waals surface area contributed by atoms with Crippen LogP contribution in [0.2, 0.25) is 10.0 Å². The van der Waals surface area contributed by atoms with Gasteiger partial charge >= 0.3 is 0 Å². The second-order valence-electron chi connectivity index (χ2n) is 5.28. The lowest BCUT2D eigenvalue weighted by Gasteiger charge is -2.32. The first-order valence-corrected chi connectivity index (χ1v) is 8.52. The molecule has 0 radical (unpaired) electrons. The average molecular weight is 368 g/mol. The van der Waals surface area contributed by atoms with Crippen LogP contribution in [0.1, 0.15) is 0 Å². The molecule has 0 amide bonds. The van der Waals surface area contributed by atoms with E-state index in [0.29, 0.717) is 15.2 Å². The summed E-state index contributed by atoms with van der Waals surface area (Å²) in [5, 5.41) is 5.07. The van der Waals surface area contributed by atoms with Gasteiger partial charge in [0, 0.05) is 11.1 Å². The molecule has 1 aromatic carbocycles. The Morgan fingerprint density at radius 3 is 2.52 bits per heavy atom. The van der Waals surface area contributed by atoms with E-state index in [9.17, 15) is 0 Å². The normalized spacial score (nSPS) is 14.7. The third-order valence-corrected chi connectivity index (χ3v) is 4.68. The van der Waals surface area contributed by atoms with Crippen molar-refractivity contribution < 1.29 is 4.98 Å². The fourth-order valence-electron chi connectivity index (χ4n) is 2.52. The van der Waals surface area contributed by atoms with Gasteiger partial charge in [0.15, 0.2) is 5.11 Å². The van der Waals surface area contributed by atoms with Crippen LogP contribution in [0.15, 0.2) is 42.6 Å². The standard InChI is InChI=1S/C16H16Cl2N4S/c17-12-4-5-14(13(18)11-12)20-16(23)22-9-7-21(8-10-22)15-3-1-2-6-19-15/h1-6,11H,7-10H2,(H,20,23)/p+1. The SMILES string of the molecule is S=C(Nc1ccc(Cl)cc1Cl)N1CCN(c2cccc[nH+]2)CC1. The van der Waals surface area contributed by atoms with Crippen molar-refractivity contribution in [3.8, 4) is 0 Å². The minimum absolute atomic E-state index is 0.567. The van der Waals surface area contributed by atoms with Gasteiger partial charge in [0.2, 0.25) is 0 Å². The molecule has 23 heavy (non-hydrogen) atoms. The molecule has 0 spiro atoms. The van der Waals surface area contributed by atoms with E-state index in [0.717, 1.165) is 37.7 Å². The van der Waals surface area contributed by atoms with Gasteiger partial charge in [-0.2, -0.15) is 0 Å². The van der Waals surface area contributed by atoms with Crippen molar-refractivity contribution >= 4 is 52.0 Å². The van der Waals surface area contributed by atoms with Gasteiger partial charge in [-0.05, 0) is 36.5 Å². The first-order valence-electron chi connectivity index (χ1n) is 7.36. The van der Waals surface area contributed by atoms with Crippen molar-refractivity contribution in [1.82, 2.24) is 4.90 Å². The zero-order chi connectivity index (χ0) is 16.2. The van der Waals surface area contributed by atoms with Crippen molar-refractivity contribution in [3.05, 3.63) is 52.6 Å². The summed E-state index contributed by atoms with van der Waals surface area (Å²) in [5.74, 6) is 1.13. The summed E-state index contributed by atoms with van der Waals surface area (Å²) in [6, 6.07) is 11.4. The molecule has 4 nitrogen and oxygen atoms in total. The maximum atomic E-state index is 6.18. The van der Waals surface area contributed by atoms with Crippen LogP contribution in [0, 0.1) is 0 Å². The number of H-pyrrole nitrogens is 1. The molecule has 1 aromatic heterocycles. The predicted octanol–water partition coefficient (Wildman–Crippen LogP) is 3.33. The molecule has 0 bridgehead atoms. The smallest absolute Gasteiger partial charge is 0.274 e. The molecule has 2 aromatic rings. The van der Waals surface area contributed by atoms with Crippen LogP contribution in [0.3, 0.4) is 0 Å².